The fourth-order valence-corrected chi connectivity index (χ4v) is 2.85. The normalized spacial score (nSPS) is 15.9. The number of nitrogens with zero attached hydrogens (tertiary/aromatic N) is 4. The number of rotatable bonds is 5. The number of ether oxygens (including phenoxy) is 1. The molecule has 1 fully saturated rings. The lowest BCUT2D eigenvalue weighted by molar-refractivity contribution is -0.132. The maximum atomic E-state index is 12.3. The summed E-state index contributed by atoms with van der Waals surface area (Å²) in [5.41, 5.74) is 0.147. The van der Waals surface area contributed by atoms with Crippen molar-refractivity contribution in [3.63, 3.8) is 0 Å². The van der Waals surface area contributed by atoms with Crippen molar-refractivity contribution in [1.29, 1.82) is 5.26 Å². The molecule has 3 rings (SSSR count). The zero-order chi connectivity index (χ0) is 19.2. The van der Waals surface area contributed by atoms with E-state index in [0.717, 1.165) is 0 Å². The number of carbonyl (C=O) groups excluding carboxylic acids is 2. The third-order valence-electron chi connectivity index (χ3n) is 4.26. The van der Waals surface area contributed by atoms with Gasteiger partial charge in [0.05, 0.1) is 6.33 Å². The second kappa shape index (κ2) is 8.23. The molecule has 9 heteroatoms. The number of aryl methyl sites for hydroxylation is 1. The fourth-order valence-electron chi connectivity index (χ4n) is 2.85. The molecule has 1 unspecified atom stereocenters. The second-order valence-electron chi connectivity index (χ2n) is 6.19. The monoisotopic (exact) mass is 368 g/mol. The molecule has 1 aliphatic heterocycles. The molecule has 2 N–H and O–H groups in total. The number of aromatic nitrogens is 2. The van der Waals surface area contributed by atoms with Gasteiger partial charge in [-0.1, -0.05) is 18.2 Å². The van der Waals surface area contributed by atoms with Crippen molar-refractivity contribution in [2.75, 3.05) is 25.0 Å². The smallest absolute Gasteiger partial charge is 0.320 e. The number of anilines is 1. The zero-order valence-electron chi connectivity index (χ0n) is 14.9. The van der Waals surface area contributed by atoms with Crippen molar-refractivity contribution in [1.82, 2.24) is 19.8 Å². The summed E-state index contributed by atoms with van der Waals surface area (Å²) in [6.07, 6.45) is 2.11. The van der Waals surface area contributed by atoms with E-state index in [0.29, 0.717) is 31.1 Å². The lowest BCUT2D eigenvalue weighted by Crippen LogP contribution is -2.41. The Hall–Kier alpha value is -3.54. The van der Waals surface area contributed by atoms with Gasteiger partial charge in [-0.2, -0.15) is 5.26 Å². The zero-order valence-corrected chi connectivity index (χ0v) is 14.9. The largest absolute Gasteiger partial charge is 0.484 e. The topological polar surface area (TPSA) is 112 Å². The number of carbonyl (C=O) groups is 2. The number of hydrogen-bond donors (Lipinski definition) is 2. The van der Waals surface area contributed by atoms with Gasteiger partial charge in [0.2, 0.25) is 0 Å². The minimum Gasteiger partial charge on any atom is -0.484 e. The van der Waals surface area contributed by atoms with E-state index in [1.807, 2.05) is 24.3 Å². The first-order chi connectivity index (χ1) is 13.1. The first-order valence-electron chi connectivity index (χ1n) is 8.51. The quantitative estimate of drug-likeness (QED) is 0.820. The van der Waals surface area contributed by atoms with Crippen molar-refractivity contribution in [3.05, 3.63) is 42.4 Å². The van der Waals surface area contributed by atoms with Crippen LogP contribution in [0.3, 0.4) is 0 Å². The van der Waals surface area contributed by atoms with Gasteiger partial charge in [-0.05, 0) is 18.6 Å². The highest BCUT2D eigenvalue weighted by molar-refractivity contribution is 5.89. The van der Waals surface area contributed by atoms with Gasteiger partial charge in [-0.3, -0.25) is 10.1 Å². The van der Waals surface area contributed by atoms with Crippen molar-refractivity contribution < 1.29 is 14.3 Å². The number of amides is 3. The van der Waals surface area contributed by atoms with Crippen LogP contribution in [0, 0.1) is 11.3 Å². The Bertz CT molecular complexity index is 858. The molecule has 0 radical (unpaired) electrons. The fraction of sp³-hybridized carbons (Fsp3) is 0.333. The third kappa shape index (κ3) is 4.55. The second-order valence-corrected chi connectivity index (χ2v) is 6.19. The van der Waals surface area contributed by atoms with Crippen molar-refractivity contribution in [3.8, 4) is 11.8 Å². The summed E-state index contributed by atoms with van der Waals surface area (Å²) < 4.78 is 7.03. The van der Waals surface area contributed by atoms with Gasteiger partial charge in [0.25, 0.3) is 5.91 Å². The Kier molecular flexibility index (Phi) is 5.56. The van der Waals surface area contributed by atoms with Crippen LogP contribution in [0.5, 0.6) is 5.75 Å². The van der Waals surface area contributed by atoms with Crippen LogP contribution in [-0.4, -0.2) is 52.1 Å². The van der Waals surface area contributed by atoms with E-state index in [-0.39, 0.29) is 24.2 Å². The molecular weight excluding hydrogens is 348 g/mol. The Morgan fingerprint density at radius 2 is 2.15 bits per heavy atom. The van der Waals surface area contributed by atoms with Crippen LogP contribution < -0.4 is 15.4 Å². The molecule has 1 atom stereocenters. The van der Waals surface area contributed by atoms with Crippen LogP contribution >= 0.6 is 0 Å². The van der Waals surface area contributed by atoms with Crippen molar-refractivity contribution >= 4 is 17.8 Å². The highest BCUT2D eigenvalue weighted by Crippen LogP contribution is 2.14. The summed E-state index contributed by atoms with van der Waals surface area (Å²) in [5.74, 6) is 0.850. The Balaban J connectivity index is 1.46. The van der Waals surface area contributed by atoms with E-state index in [2.05, 4.69) is 15.6 Å². The Morgan fingerprint density at radius 1 is 1.37 bits per heavy atom. The number of urea groups is 1. The minimum absolute atomic E-state index is 0.0382. The molecule has 0 bridgehead atoms. The highest BCUT2D eigenvalue weighted by Gasteiger charge is 2.27. The average Bonchev–Trinajstić information content (AvgIpc) is 3.28. The predicted octanol–water partition coefficient (Wildman–Crippen LogP) is 1.09. The van der Waals surface area contributed by atoms with Crippen LogP contribution in [0.1, 0.15) is 12.1 Å². The van der Waals surface area contributed by atoms with Crippen molar-refractivity contribution in [2.45, 2.75) is 12.5 Å². The summed E-state index contributed by atoms with van der Waals surface area (Å²) in [7, 11) is 1.69. The summed E-state index contributed by atoms with van der Waals surface area (Å²) in [6, 6.07) is 10.5. The van der Waals surface area contributed by atoms with Gasteiger partial charge >= 0.3 is 6.03 Å². The summed E-state index contributed by atoms with van der Waals surface area (Å²) in [6.45, 7) is 0.932. The number of nitrogens with one attached hydrogen (secondary N) is 2. The molecule has 3 amide bonds. The van der Waals surface area contributed by atoms with E-state index in [4.69, 9.17) is 10.00 Å². The summed E-state index contributed by atoms with van der Waals surface area (Å²) >= 11 is 0. The molecule has 2 heterocycles. The number of nitriles is 1. The molecule has 1 saturated heterocycles. The molecule has 0 spiro atoms. The van der Waals surface area contributed by atoms with E-state index in [1.165, 1.54) is 6.33 Å². The predicted molar refractivity (Wildman–Crippen MR) is 97.0 cm³/mol. The molecule has 2 aromatic rings. The van der Waals surface area contributed by atoms with E-state index < -0.39 is 6.03 Å². The highest BCUT2D eigenvalue weighted by atomic mass is 16.5. The van der Waals surface area contributed by atoms with Gasteiger partial charge < -0.3 is 19.5 Å². The average molecular weight is 368 g/mol. The van der Waals surface area contributed by atoms with Crippen LogP contribution in [0.25, 0.3) is 0 Å². The molecule has 0 saturated carbocycles. The molecular formula is C18H20N6O3. The van der Waals surface area contributed by atoms with Crippen molar-refractivity contribution in [2.24, 2.45) is 7.05 Å². The number of likely N-dealkylation sites (tertiary alicyclic amines) is 1. The van der Waals surface area contributed by atoms with E-state index in [1.54, 1.807) is 28.6 Å². The molecule has 9 nitrogen and oxygen atoms in total. The number of para-hydroxylation sites is 1. The number of hydrogen-bond acceptors (Lipinski definition) is 5. The standard InChI is InChI=1S/C18H20N6O3/c1-23-12-20-15(9-19)17(23)22-18(26)21-13-7-8-24(10-13)16(25)11-27-14-5-3-2-4-6-14/h2-6,12-13H,7-8,10-11H2,1H3,(H2,21,22,26). The lowest BCUT2D eigenvalue weighted by Gasteiger charge is -2.17. The molecule has 27 heavy (non-hydrogen) atoms. The maximum absolute atomic E-state index is 12.3. The molecule has 0 aliphatic carbocycles. The first-order valence-corrected chi connectivity index (χ1v) is 8.51. The molecule has 1 aromatic carbocycles. The first kappa shape index (κ1) is 18.3. The van der Waals surface area contributed by atoms with E-state index in [9.17, 15) is 9.59 Å². The van der Waals surface area contributed by atoms with Gasteiger partial charge in [-0.15, -0.1) is 0 Å². The minimum atomic E-state index is -0.435. The number of imidazole rings is 1. The molecule has 140 valence electrons. The Morgan fingerprint density at radius 3 is 2.89 bits per heavy atom. The van der Waals surface area contributed by atoms with Gasteiger partial charge in [0.15, 0.2) is 18.1 Å². The van der Waals surface area contributed by atoms with Gasteiger partial charge in [0, 0.05) is 26.2 Å². The van der Waals surface area contributed by atoms with E-state index >= 15 is 0 Å². The molecule has 1 aromatic heterocycles. The SMILES string of the molecule is Cn1cnc(C#N)c1NC(=O)NC1CCN(C(=O)COc2ccccc2)C1. The van der Waals surface area contributed by atoms with Gasteiger partial charge in [-0.25, -0.2) is 9.78 Å². The van der Waals surface area contributed by atoms with Crippen LogP contribution in [0.2, 0.25) is 0 Å². The van der Waals surface area contributed by atoms with Crippen LogP contribution in [0.15, 0.2) is 36.7 Å². The van der Waals surface area contributed by atoms with Gasteiger partial charge in [0.1, 0.15) is 11.8 Å². The molecule has 1 aliphatic rings. The third-order valence-corrected chi connectivity index (χ3v) is 4.26. The lowest BCUT2D eigenvalue weighted by atomic mass is 10.3. The van der Waals surface area contributed by atoms with Crippen LogP contribution in [-0.2, 0) is 11.8 Å². The van der Waals surface area contributed by atoms with Crippen LogP contribution in [0.4, 0.5) is 10.6 Å². The summed E-state index contributed by atoms with van der Waals surface area (Å²) in [5, 5.41) is 14.5. The number of benzene rings is 1. The summed E-state index contributed by atoms with van der Waals surface area (Å²) in [4.78, 5) is 30.0. The Labute approximate surface area is 156 Å². The maximum Gasteiger partial charge on any atom is 0.320 e.